The summed E-state index contributed by atoms with van der Waals surface area (Å²) in [6, 6.07) is 0.579. The van der Waals surface area contributed by atoms with E-state index in [-0.39, 0.29) is 0 Å². The molecule has 0 fully saturated rings. The van der Waals surface area contributed by atoms with E-state index in [2.05, 4.69) is 29.1 Å². The fourth-order valence-electron chi connectivity index (χ4n) is 1.59. The molecule has 78 valence electrons. The summed E-state index contributed by atoms with van der Waals surface area (Å²) in [5, 5.41) is 3.33. The SMILES string of the molecule is CNC(CCc1cncnc1)C(C)C. The van der Waals surface area contributed by atoms with Crippen molar-refractivity contribution >= 4 is 0 Å². The summed E-state index contributed by atoms with van der Waals surface area (Å²) in [5.41, 5.74) is 1.22. The largest absolute Gasteiger partial charge is 0.317 e. The molecule has 0 saturated heterocycles. The number of aromatic nitrogens is 2. The first-order valence-corrected chi connectivity index (χ1v) is 5.15. The van der Waals surface area contributed by atoms with Gasteiger partial charge in [0.1, 0.15) is 6.33 Å². The van der Waals surface area contributed by atoms with Crippen molar-refractivity contribution in [1.29, 1.82) is 0 Å². The zero-order valence-electron chi connectivity index (χ0n) is 9.20. The second-order valence-electron chi connectivity index (χ2n) is 3.92. The molecule has 3 heteroatoms. The number of aryl methyl sites for hydroxylation is 1. The van der Waals surface area contributed by atoms with Crippen molar-refractivity contribution in [3.63, 3.8) is 0 Å². The maximum atomic E-state index is 4.00. The van der Waals surface area contributed by atoms with Gasteiger partial charge in [0, 0.05) is 18.4 Å². The Hall–Kier alpha value is -0.960. The molecule has 0 aliphatic heterocycles. The van der Waals surface area contributed by atoms with Crippen molar-refractivity contribution in [2.45, 2.75) is 32.7 Å². The minimum absolute atomic E-state index is 0.579. The molecular formula is C11H19N3. The summed E-state index contributed by atoms with van der Waals surface area (Å²) in [6.45, 7) is 4.48. The number of nitrogens with zero attached hydrogens (tertiary/aromatic N) is 2. The van der Waals surface area contributed by atoms with Gasteiger partial charge in [0.05, 0.1) is 0 Å². The Morgan fingerprint density at radius 3 is 2.43 bits per heavy atom. The van der Waals surface area contributed by atoms with Crippen molar-refractivity contribution in [3.05, 3.63) is 24.3 Å². The first kappa shape index (κ1) is 11.1. The third kappa shape index (κ3) is 3.42. The van der Waals surface area contributed by atoms with Crippen molar-refractivity contribution in [3.8, 4) is 0 Å². The number of hydrogen-bond donors (Lipinski definition) is 1. The fraction of sp³-hybridized carbons (Fsp3) is 0.636. The second kappa shape index (κ2) is 5.70. The van der Waals surface area contributed by atoms with Gasteiger partial charge < -0.3 is 5.32 Å². The Labute approximate surface area is 86.0 Å². The highest BCUT2D eigenvalue weighted by Crippen LogP contribution is 2.09. The lowest BCUT2D eigenvalue weighted by Crippen LogP contribution is -2.31. The molecule has 0 aromatic carbocycles. The first-order chi connectivity index (χ1) is 6.74. The van der Waals surface area contributed by atoms with Crippen LogP contribution in [0.25, 0.3) is 0 Å². The molecule has 0 aliphatic rings. The van der Waals surface area contributed by atoms with E-state index in [1.807, 2.05) is 19.4 Å². The molecule has 1 unspecified atom stereocenters. The van der Waals surface area contributed by atoms with E-state index in [1.54, 1.807) is 6.33 Å². The Bertz CT molecular complexity index is 246. The zero-order valence-corrected chi connectivity index (χ0v) is 9.20. The standard InChI is InChI=1S/C11H19N3/c1-9(2)11(12-3)5-4-10-6-13-8-14-7-10/h6-9,11-12H,4-5H2,1-3H3. The van der Waals surface area contributed by atoms with Gasteiger partial charge >= 0.3 is 0 Å². The van der Waals surface area contributed by atoms with Gasteiger partial charge in [0.15, 0.2) is 0 Å². The molecule has 3 nitrogen and oxygen atoms in total. The lowest BCUT2D eigenvalue weighted by molar-refractivity contribution is 0.402. The highest BCUT2D eigenvalue weighted by Gasteiger charge is 2.10. The van der Waals surface area contributed by atoms with Crippen LogP contribution in [0.1, 0.15) is 25.8 Å². The van der Waals surface area contributed by atoms with Crippen LogP contribution in [0.4, 0.5) is 0 Å². The highest BCUT2D eigenvalue weighted by atomic mass is 14.9. The Kier molecular flexibility index (Phi) is 4.53. The van der Waals surface area contributed by atoms with Crippen LogP contribution >= 0.6 is 0 Å². The maximum absolute atomic E-state index is 4.00. The van der Waals surface area contributed by atoms with E-state index in [9.17, 15) is 0 Å². The fourth-order valence-corrected chi connectivity index (χ4v) is 1.59. The van der Waals surface area contributed by atoms with Crippen LogP contribution in [0.3, 0.4) is 0 Å². The van der Waals surface area contributed by atoms with Crippen molar-refractivity contribution < 1.29 is 0 Å². The van der Waals surface area contributed by atoms with Gasteiger partial charge in [-0.15, -0.1) is 0 Å². The molecule has 14 heavy (non-hydrogen) atoms. The average Bonchev–Trinajstić information content (AvgIpc) is 2.20. The Balaban J connectivity index is 2.40. The van der Waals surface area contributed by atoms with E-state index in [4.69, 9.17) is 0 Å². The van der Waals surface area contributed by atoms with E-state index in [0.717, 1.165) is 12.8 Å². The molecule has 1 aromatic heterocycles. The van der Waals surface area contributed by atoms with Gasteiger partial charge in [0.2, 0.25) is 0 Å². The molecule has 0 radical (unpaired) electrons. The van der Waals surface area contributed by atoms with Gasteiger partial charge in [0.25, 0.3) is 0 Å². The normalized spacial score (nSPS) is 13.1. The van der Waals surface area contributed by atoms with Crippen molar-refractivity contribution in [1.82, 2.24) is 15.3 Å². The number of nitrogens with one attached hydrogen (secondary N) is 1. The maximum Gasteiger partial charge on any atom is 0.115 e. The topological polar surface area (TPSA) is 37.8 Å². The number of rotatable bonds is 5. The third-order valence-electron chi connectivity index (χ3n) is 2.53. The van der Waals surface area contributed by atoms with Gasteiger partial charge in [-0.3, -0.25) is 0 Å². The van der Waals surface area contributed by atoms with Crippen molar-refractivity contribution in [2.24, 2.45) is 5.92 Å². The Morgan fingerprint density at radius 1 is 1.29 bits per heavy atom. The summed E-state index contributed by atoms with van der Waals surface area (Å²) in [7, 11) is 2.02. The third-order valence-corrected chi connectivity index (χ3v) is 2.53. The average molecular weight is 193 g/mol. The van der Waals surface area contributed by atoms with Crippen LogP contribution in [-0.4, -0.2) is 23.1 Å². The highest BCUT2D eigenvalue weighted by molar-refractivity contribution is 5.02. The molecule has 0 amide bonds. The summed E-state index contributed by atoms with van der Waals surface area (Å²) in [6.07, 6.45) is 7.54. The molecule has 1 rings (SSSR count). The lowest BCUT2D eigenvalue weighted by atomic mass is 9.98. The van der Waals surface area contributed by atoms with Crippen molar-refractivity contribution in [2.75, 3.05) is 7.05 Å². The van der Waals surface area contributed by atoms with Gasteiger partial charge in [-0.05, 0) is 31.4 Å². The van der Waals surface area contributed by atoms with E-state index < -0.39 is 0 Å². The zero-order chi connectivity index (χ0) is 10.4. The minimum Gasteiger partial charge on any atom is -0.317 e. The smallest absolute Gasteiger partial charge is 0.115 e. The molecule has 0 bridgehead atoms. The van der Waals surface area contributed by atoms with E-state index in [0.29, 0.717) is 12.0 Å². The molecule has 1 atom stereocenters. The molecular weight excluding hydrogens is 174 g/mol. The quantitative estimate of drug-likeness (QED) is 0.772. The molecule has 0 spiro atoms. The molecule has 0 saturated carbocycles. The van der Waals surface area contributed by atoms with Crippen LogP contribution in [0, 0.1) is 5.92 Å². The van der Waals surface area contributed by atoms with Crippen LogP contribution in [0.2, 0.25) is 0 Å². The van der Waals surface area contributed by atoms with E-state index >= 15 is 0 Å². The monoisotopic (exact) mass is 193 g/mol. The predicted molar refractivity (Wildman–Crippen MR) is 58.0 cm³/mol. The Morgan fingerprint density at radius 2 is 1.93 bits per heavy atom. The lowest BCUT2D eigenvalue weighted by Gasteiger charge is -2.19. The van der Waals surface area contributed by atoms with Crippen LogP contribution in [0.15, 0.2) is 18.7 Å². The van der Waals surface area contributed by atoms with Crippen LogP contribution < -0.4 is 5.32 Å². The summed E-state index contributed by atoms with van der Waals surface area (Å²) < 4.78 is 0. The van der Waals surface area contributed by atoms with Gasteiger partial charge in [-0.25, -0.2) is 9.97 Å². The van der Waals surface area contributed by atoms with Crippen LogP contribution in [-0.2, 0) is 6.42 Å². The number of hydrogen-bond acceptors (Lipinski definition) is 3. The minimum atomic E-state index is 0.579. The molecule has 0 aliphatic carbocycles. The van der Waals surface area contributed by atoms with Crippen LogP contribution in [0.5, 0.6) is 0 Å². The van der Waals surface area contributed by atoms with E-state index in [1.165, 1.54) is 5.56 Å². The second-order valence-corrected chi connectivity index (χ2v) is 3.92. The summed E-state index contributed by atoms with van der Waals surface area (Å²) >= 11 is 0. The molecule has 1 aromatic rings. The summed E-state index contributed by atoms with van der Waals surface area (Å²) in [5.74, 6) is 0.671. The summed E-state index contributed by atoms with van der Waals surface area (Å²) in [4.78, 5) is 8.00. The first-order valence-electron chi connectivity index (χ1n) is 5.15. The molecule has 1 heterocycles. The van der Waals surface area contributed by atoms with Gasteiger partial charge in [-0.1, -0.05) is 13.8 Å². The van der Waals surface area contributed by atoms with Gasteiger partial charge in [-0.2, -0.15) is 0 Å². The molecule has 1 N–H and O–H groups in total. The predicted octanol–water partition coefficient (Wildman–Crippen LogP) is 1.65.